The van der Waals surface area contributed by atoms with Crippen LogP contribution in [-0.2, 0) is 6.54 Å². The van der Waals surface area contributed by atoms with Crippen molar-refractivity contribution < 1.29 is 4.79 Å². The predicted octanol–water partition coefficient (Wildman–Crippen LogP) is 3.39. The van der Waals surface area contributed by atoms with Crippen molar-refractivity contribution in [2.45, 2.75) is 20.4 Å². The van der Waals surface area contributed by atoms with Gasteiger partial charge < -0.3 is 15.5 Å². The van der Waals surface area contributed by atoms with Gasteiger partial charge in [-0.1, -0.05) is 6.07 Å². The molecule has 0 spiro atoms. The molecule has 0 aliphatic rings. The zero-order chi connectivity index (χ0) is 19.8. The molecule has 1 amide bonds. The number of benzene rings is 1. The molecule has 0 bridgehead atoms. The zero-order valence-corrected chi connectivity index (χ0v) is 16.1. The number of nitrogens with one attached hydrogen (secondary N) is 2. The molecular formula is C21H24N6O. The molecule has 0 saturated carbocycles. The second-order valence-electron chi connectivity index (χ2n) is 6.18. The van der Waals surface area contributed by atoms with Crippen molar-refractivity contribution in [1.82, 2.24) is 20.3 Å². The molecule has 7 heteroatoms. The van der Waals surface area contributed by atoms with Crippen molar-refractivity contribution in [2.24, 2.45) is 0 Å². The number of aromatic nitrogens is 3. The SMILES string of the molecule is CCN(CC)c1ccc(Nc2ncc(C(=O)NCc3cccnc3)cn2)cc1. The van der Waals surface area contributed by atoms with Crippen molar-refractivity contribution in [3.63, 3.8) is 0 Å². The van der Waals surface area contributed by atoms with E-state index in [9.17, 15) is 4.79 Å². The second-order valence-corrected chi connectivity index (χ2v) is 6.18. The van der Waals surface area contributed by atoms with Crippen molar-refractivity contribution in [3.05, 3.63) is 72.3 Å². The first-order chi connectivity index (χ1) is 13.7. The first-order valence-electron chi connectivity index (χ1n) is 9.30. The minimum Gasteiger partial charge on any atom is -0.372 e. The lowest BCUT2D eigenvalue weighted by molar-refractivity contribution is 0.0950. The van der Waals surface area contributed by atoms with Gasteiger partial charge in [0.25, 0.3) is 5.91 Å². The molecule has 2 aromatic heterocycles. The van der Waals surface area contributed by atoms with E-state index in [1.165, 1.54) is 18.1 Å². The number of pyridine rings is 1. The maximum Gasteiger partial charge on any atom is 0.254 e. The fraction of sp³-hybridized carbons (Fsp3) is 0.238. The Kier molecular flexibility index (Phi) is 6.51. The lowest BCUT2D eigenvalue weighted by Gasteiger charge is -2.21. The average Bonchev–Trinajstić information content (AvgIpc) is 2.75. The van der Waals surface area contributed by atoms with Gasteiger partial charge >= 0.3 is 0 Å². The van der Waals surface area contributed by atoms with Crippen LogP contribution in [0.4, 0.5) is 17.3 Å². The molecule has 0 saturated heterocycles. The Balaban J connectivity index is 1.57. The highest BCUT2D eigenvalue weighted by Crippen LogP contribution is 2.19. The van der Waals surface area contributed by atoms with Crippen molar-refractivity contribution in [1.29, 1.82) is 0 Å². The lowest BCUT2D eigenvalue weighted by Crippen LogP contribution is -2.23. The van der Waals surface area contributed by atoms with E-state index in [1.54, 1.807) is 12.4 Å². The van der Waals surface area contributed by atoms with Crippen molar-refractivity contribution in [2.75, 3.05) is 23.3 Å². The maximum atomic E-state index is 12.2. The van der Waals surface area contributed by atoms with Crippen LogP contribution in [0.5, 0.6) is 0 Å². The average molecular weight is 376 g/mol. The summed E-state index contributed by atoms with van der Waals surface area (Å²) in [6, 6.07) is 11.9. The Morgan fingerprint density at radius 2 is 1.71 bits per heavy atom. The molecular weight excluding hydrogens is 352 g/mol. The highest BCUT2D eigenvalue weighted by Gasteiger charge is 2.08. The summed E-state index contributed by atoms with van der Waals surface area (Å²) in [5.74, 6) is 0.221. The molecule has 28 heavy (non-hydrogen) atoms. The molecule has 1 aromatic carbocycles. The summed E-state index contributed by atoms with van der Waals surface area (Å²) < 4.78 is 0. The van der Waals surface area contributed by atoms with E-state index in [0.29, 0.717) is 18.1 Å². The van der Waals surface area contributed by atoms with E-state index in [2.05, 4.69) is 56.5 Å². The smallest absolute Gasteiger partial charge is 0.254 e. The predicted molar refractivity (Wildman–Crippen MR) is 111 cm³/mol. The standard InChI is InChI=1S/C21H24N6O/c1-3-27(4-2)19-9-7-18(8-10-19)26-21-24-14-17(15-25-21)20(28)23-13-16-6-5-11-22-12-16/h5-12,14-15H,3-4,13H2,1-2H3,(H,23,28)(H,24,25,26). The van der Waals surface area contributed by atoms with Gasteiger partial charge in [-0.3, -0.25) is 9.78 Å². The van der Waals surface area contributed by atoms with Crippen LogP contribution in [0, 0.1) is 0 Å². The Hall–Kier alpha value is -3.48. The molecule has 0 unspecified atom stereocenters. The molecule has 0 fully saturated rings. The normalized spacial score (nSPS) is 10.4. The summed E-state index contributed by atoms with van der Waals surface area (Å²) >= 11 is 0. The van der Waals surface area contributed by atoms with E-state index in [1.807, 2.05) is 24.3 Å². The molecule has 7 nitrogen and oxygen atoms in total. The number of hydrogen-bond acceptors (Lipinski definition) is 6. The van der Waals surface area contributed by atoms with Crippen LogP contribution in [0.2, 0.25) is 0 Å². The molecule has 2 heterocycles. The van der Waals surface area contributed by atoms with Gasteiger partial charge in [0.1, 0.15) is 0 Å². The van der Waals surface area contributed by atoms with Gasteiger partial charge in [0.15, 0.2) is 0 Å². The molecule has 3 rings (SSSR count). The molecule has 144 valence electrons. The van der Waals surface area contributed by atoms with Gasteiger partial charge in [0, 0.05) is 55.8 Å². The third kappa shape index (κ3) is 5.03. The van der Waals surface area contributed by atoms with Crippen LogP contribution in [0.15, 0.2) is 61.2 Å². The van der Waals surface area contributed by atoms with E-state index in [-0.39, 0.29) is 5.91 Å². The number of anilines is 3. The maximum absolute atomic E-state index is 12.2. The number of rotatable bonds is 8. The largest absolute Gasteiger partial charge is 0.372 e. The van der Waals surface area contributed by atoms with Crippen LogP contribution < -0.4 is 15.5 Å². The summed E-state index contributed by atoms with van der Waals surface area (Å²) in [5.41, 5.74) is 3.41. The number of amides is 1. The van der Waals surface area contributed by atoms with Gasteiger partial charge in [0.2, 0.25) is 5.95 Å². The zero-order valence-electron chi connectivity index (χ0n) is 16.1. The minimum atomic E-state index is -0.223. The topological polar surface area (TPSA) is 83.0 Å². The summed E-state index contributed by atoms with van der Waals surface area (Å²) in [6.45, 7) is 6.62. The van der Waals surface area contributed by atoms with Crippen molar-refractivity contribution >= 4 is 23.2 Å². The second kappa shape index (κ2) is 9.45. The van der Waals surface area contributed by atoms with Gasteiger partial charge in [-0.2, -0.15) is 0 Å². The highest BCUT2D eigenvalue weighted by molar-refractivity contribution is 5.93. The van der Waals surface area contributed by atoms with Crippen LogP contribution in [-0.4, -0.2) is 33.9 Å². The monoisotopic (exact) mass is 376 g/mol. The number of nitrogens with zero attached hydrogens (tertiary/aromatic N) is 4. The summed E-state index contributed by atoms with van der Waals surface area (Å²) in [4.78, 5) is 27.0. The van der Waals surface area contributed by atoms with Gasteiger partial charge in [-0.05, 0) is 49.7 Å². The number of carbonyl (C=O) groups excluding carboxylic acids is 1. The Morgan fingerprint density at radius 1 is 1.00 bits per heavy atom. The van der Waals surface area contributed by atoms with E-state index >= 15 is 0 Å². The van der Waals surface area contributed by atoms with E-state index < -0.39 is 0 Å². The summed E-state index contributed by atoms with van der Waals surface area (Å²) in [6.07, 6.45) is 6.44. The summed E-state index contributed by atoms with van der Waals surface area (Å²) in [5, 5.41) is 5.98. The fourth-order valence-electron chi connectivity index (χ4n) is 2.77. The quantitative estimate of drug-likeness (QED) is 0.627. The van der Waals surface area contributed by atoms with Crippen LogP contribution in [0.25, 0.3) is 0 Å². The minimum absolute atomic E-state index is 0.223. The Morgan fingerprint density at radius 3 is 2.32 bits per heavy atom. The molecule has 2 N–H and O–H groups in total. The molecule has 0 aliphatic heterocycles. The summed E-state index contributed by atoms with van der Waals surface area (Å²) in [7, 11) is 0. The van der Waals surface area contributed by atoms with Crippen LogP contribution in [0.1, 0.15) is 29.8 Å². The van der Waals surface area contributed by atoms with Crippen LogP contribution in [0.3, 0.4) is 0 Å². The van der Waals surface area contributed by atoms with E-state index in [4.69, 9.17) is 0 Å². The van der Waals surface area contributed by atoms with Crippen molar-refractivity contribution in [3.8, 4) is 0 Å². The van der Waals surface area contributed by atoms with Gasteiger partial charge in [0.05, 0.1) is 5.56 Å². The number of carbonyl (C=O) groups is 1. The highest BCUT2D eigenvalue weighted by atomic mass is 16.1. The first kappa shape index (κ1) is 19.3. The van der Waals surface area contributed by atoms with Gasteiger partial charge in [-0.15, -0.1) is 0 Å². The molecule has 0 aliphatic carbocycles. The van der Waals surface area contributed by atoms with Gasteiger partial charge in [-0.25, -0.2) is 9.97 Å². The Labute approximate surface area is 164 Å². The molecule has 3 aromatic rings. The van der Waals surface area contributed by atoms with Crippen LogP contribution >= 0.6 is 0 Å². The third-order valence-electron chi connectivity index (χ3n) is 4.34. The number of hydrogen-bond donors (Lipinski definition) is 2. The molecule has 0 radical (unpaired) electrons. The first-order valence-corrected chi connectivity index (χ1v) is 9.30. The fourth-order valence-corrected chi connectivity index (χ4v) is 2.77. The Bertz CT molecular complexity index is 877. The van der Waals surface area contributed by atoms with E-state index in [0.717, 1.165) is 24.3 Å². The molecule has 0 atom stereocenters. The third-order valence-corrected chi connectivity index (χ3v) is 4.34. The lowest BCUT2D eigenvalue weighted by atomic mass is 10.2.